The van der Waals surface area contributed by atoms with Crippen LogP contribution in [0, 0.1) is 18.8 Å². The normalized spacial score (nSPS) is 13.9. The van der Waals surface area contributed by atoms with Crippen LogP contribution in [0.15, 0.2) is 18.2 Å². The maximum absolute atomic E-state index is 12.0. The van der Waals surface area contributed by atoms with Crippen molar-refractivity contribution in [1.29, 1.82) is 0 Å². The summed E-state index contributed by atoms with van der Waals surface area (Å²) >= 11 is 0. The molecule has 0 unspecified atom stereocenters. The van der Waals surface area contributed by atoms with Gasteiger partial charge in [-0.15, -0.1) is 0 Å². The molecule has 1 aromatic rings. The second-order valence-corrected chi connectivity index (χ2v) is 4.66. The van der Waals surface area contributed by atoms with E-state index in [4.69, 9.17) is 5.73 Å². The molecule has 0 aromatic heterocycles. The van der Waals surface area contributed by atoms with Crippen LogP contribution in [0.2, 0.25) is 0 Å². The number of amides is 2. The summed E-state index contributed by atoms with van der Waals surface area (Å²) in [5.74, 6) is 5.80. The summed E-state index contributed by atoms with van der Waals surface area (Å²) in [5, 5.41) is 2.95. The summed E-state index contributed by atoms with van der Waals surface area (Å²) in [4.78, 5) is 13.8. The van der Waals surface area contributed by atoms with Gasteiger partial charge < -0.3 is 16.0 Å². The smallest absolute Gasteiger partial charge is 0.321 e. The maximum Gasteiger partial charge on any atom is 0.321 e. The van der Waals surface area contributed by atoms with Gasteiger partial charge in [0, 0.05) is 24.3 Å². The first-order valence-electron chi connectivity index (χ1n) is 6.56. The van der Waals surface area contributed by atoms with Crippen molar-refractivity contribution in [2.45, 2.75) is 19.8 Å². The number of nitrogens with zero attached hydrogens (tertiary/aromatic N) is 1. The van der Waals surface area contributed by atoms with Crippen molar-refractivity contribution >= 4 is 11.7 Å². The quantitative estimate of drug-likeness (QED) is 0.755. The molecule has 1 heterocycles. The zero-order chi connectivity index (χ0) is 13.7. The zero-order valence-corrected chi connectivity index (χ0v) is 11.2. The van der Waals surface area contributed by atoms with E-state index in [9.17, 15) is 4.79 Å². The molecule has 0 bridgehead atoms. The predicted octanol–water partition coefficient (Wildman–Crippen LogP) is 1.93. The van der Waals surface area contributed by atoms with Gasteiger partial charge in [0.25, 0.3) is 0 Å². The van der Waals surface area contributed by atoms with E-state index in [0.717, 1.165) is 42.7 Å². The van der Waals surface area contributed by atoms with Crippen LogP contribution in [0.1, 0.15) is 24.0 Å². The molecule has 0 spiro atoms. The third-order valence-corrected chi connectivity index (χ3v) is 3.20. The molecule has 1 aliphatic heterocycles. The molecule has 2 rings (SSSR count). The fourth-order valence-corrected chi connectivity index (χ4v) is 2.15. The number of aryl methyl sites for hydroxylation is 1. The van der Waals surface area contributed by atoms with Gasteiger partial charge in [-0.25, -0.2) is 4.79 Å². The van der Waals surface area contributed by atoms with Crippen molar-refractivity contribution < 1.29 is 4.79 Å². The summed E-state index contributed by atoms with van der Waals surface area (Å²) in [6, 6.07) is 5.74. The number of carbonyl (C=O) groups excluding carboxylic acids is 1. The largest absolute Gasteiger partial charge is 0.325 e. The molecule has 0 aliphatic carbocycles. The first kappa shape index (κ1) is 13.4. The maximum atomic E-state index is 12.0. The zero-order valence-electron chi connectivity index (χ0n) is 11.2. The first-order chi connectivity index (χ1) is 9.20. The van der Waals surface area contributed by atoms with Gasteiger partial charge in [-0.1, -0.05) is 11.8 Å². The van der Waals surface area contributed by atoms with Crippen LogP contribution in [0.3, 0.4) is 0 Å². The number of hydrogen-bond donors (Lipinski definition) is 2. The predicted molar refractivity (Wildman–Crippen MR) is 76.9 cm³/mol. The van der Waals surface area contributed by atoms with E-state index in [2.05, 4.69) is 17.2 Å². The molecule has 19 heavy (non-hydrogen) atoms. The molecule has 0 radical (unpaired) electrons. The van der Waals surface area contributed by atoms with E-state index in [1.807, 2.05) is 30.0 Å². The highest BCUT2D eigenvalue weighted by Crippen LogP contribution is 2.18. The Hall–Kier alpha value is -1.99. The van der Waals surface area contributed by atoms with E-state index >= 15 is 0 Å². The topological polar surface area (TPSA) is 58.4 Å². The Morgan fingerprint density at radius 1 is 1.42 bits per heavy atom. The number of rotatable bonds is 1. The SMILES string of the molecule is Cc1cc(C#CCN)ccc1NC(=O)N1CCCC1. The Morgan fingerprint density at radius 3 is 2.79 bits per heavy atom. The highest BCUT2D eigenvalue weighted by Gasteiger charge is 2.18. The molecular formula is C15H19N3O. The fourth-order valence-electron chi connectivity index (χ4n) is 2.15. The van der Waals surface area contributed by atoms with Gasteiger partial charge >= 0.3 is 6.03 Å². The lowest BCUT2D eigenvalue weighted by atomic mass is 10.1. The van der Waals surface area contributed by atoms with Gasteiger partial charge in [-0.05, 0) is 43.5 Å². The molecule has 1 aromatic carbocycles. The summed E-state index contributed by atoms with van der Waals surface area (Å²) in [5.41, 5.74) is 8.12. The lowest BCUT2D eigenvalue weighted by Gasteiger charge is -2.17. The minimum Gasteiger partial charge on any atom is -0.325 e. The average Bonchev–Trinajstić information content (AvgIpc) is 2.93. The highest BCUT2D eigenvalue weighted by atomic mass is 16.2. The molecule has 0 atom stereocenters. The second kappa shape index (κ2) is 6.26. The molecule has 3 N–H and O–H groups in total. The highest BCUT2D eigenvalue weighted by molar-refractivity contribution is 5.90. The van der Waals surface area contributed by atoms with E-state index in [0.29, 0.717) is 6.54 Å². The third kappa shape index (κ3) is 3.49. The Balaban J connectivity index is 2.06. The minimum absolute atomic E-state index is 0.0126. The van der Waals surface area contributed by atoms with Crippen LogP contribution in [-0.4, -0.2) is 30.6 Å². The minimum atomic E-state index is -0.0126. The van der Waals surface area contributed by atoms with E-state index in [1.54, 1.807) is 0 Å². The van der Waals surface area contributed by atoms with Crippen molar-refractivity contribution in [1.82, 2.24) is 4.90 Å². The van der Waals surface area contributed by atoms with Crippen molar-refractivity contribution in [3.8, 4) is 11.8 Å². The average molecular weight is 257 g/mol. The number of nitrogens with one attached hydrogen (secondary N) is 1. The molecular weight excluding hydrogens is 238 g/mol. The molecule has 2 amide bonds. The fraction of sp³-hybridized carbons (Fsp3) is 0.400. The molecule has 1 fully saturated rings. The monoisotopic (exact) mass is 257 g/mol. The van der Waals surface area contributed by atoms with Gasteiger partial charge in [0.1, 0.15) is 0 Å². The Bertz CT molecular complexity index is 522. The lowest BCUT2D eigenvalue weighted by molar-refractivity contribution is 0.222. The van der Waals surface area contributed by atoms with E-state index in [-0.39, 0.29) is 6.03 Å². The summed E-state index contributed by atoms with van der Waals surface area (Å²) in [6.45, 7) is 4.02. The van der Waals surface area contributed by atoms with Gasteiger partial charge in [-0.3, -0.25) is 0 Å². The Labute approximate surface area is 114 Å². The number of likely N-dealkylation sites (tertiary alicyclic amines) is 1. The van der Waals surface area contributed by atoms with E-state index < -0.39 is 0 Å². The summed E-state index contributed by atoms with van der Waals surface area (Å²) in [6.07, 6.45) is 2.19. The van der Waals surface area contributed by atoms with E-state index in [1.165, 1.54) is 0 Å². The molecule has 1 saturated heterocycles. The van der Waals surface area contributed by atoms with Crippen molar-refractivity contribution in [2.24, 2.45) is 5.73 Å². The van der Waals surface area contributed by atoms with Crippen LogP contribution in [0.25, 0.3) is 0 Å². The number of anilines is 1. The molecule has 4 heteroatoms. The number of benzene rings is 1. The van der Waals surface area contributed by atoms with Crippen LogP contribution < -0.4 is 11.1 Å². The lowest BCUT2D eigenvalue weighted by Crippen LogP contribution is -2.32. The molecule has 1 aliphatic rings. The van der Waals surface area contributed by atoms with Crippen LogP contribution in [-0.2, 0) is 0 Å². The Kier molecular flexibility index (Phi) is 4.43. The molecule has 0 saturated carbocycles. The number of nitrogens with two attached hydrogens (primary N) is 1. The van der Waals surface area contributed by atoms with Crippen molar-refractivity contribution in [3.63, 3.8) is 0 Å². The number of carbonyl (C=O) groups is 1. The van der Waals surface area contributed by atoms with Gasteiger partial charge in [0.05, 0.1) is 6.54 Å². The van der Waals surface area contributed by atoms with Gasteiger partial charge in [0.2, 0.25) is 0 Å². The summed E-state index contributed by atoms with van der Waals surface area (Å²) < 4.78 is 0. The van der Waals surface area contributed by atoms with Gasteiger partial charge in [0.15, 0.2) is 0 Å². The number of hydrogen-bond acceptors (Lipinski definition) is 2. The third-order valence-electron chi connectivity index (χ3n) is 3.20. The van der Waals surface area contributed by atoms with Crippen molar-refractivity contribution in [3.05, 3.63) is 29.3 Å². The second-order valence-electron chi connectivity index (χ2n) is 4.66. The van der Waals surface area contributed by atoms with Crippen LogP contribution in [0.4, 0.5) is 10.5 Å². The number of urea groups is 1. The molecule has 4 nitrogen and oxygen atoms in total. The van der Waals surface area contributed by atoms with Crippen molar-refractivity contribution in [2.75, 3.05) is 25.0 Å². The van der Waals surface area contributed by atoms with Gasteiger partial charge in [-0.2, -0.15) is 0 Å². The summed E-state index contributed by atoms with van der Waals surface area (Å²) in [7, 11) is 0. The van der Waals surface area contributed by atoms with Crippen LogP contribution >= 0.6 is 0 Å². The molecule has 100 valence electrons. The standard InChI is InChI=1S/C15H19N3O/c1-12-11-13(5-4-8-16)6-7-14(12)17-15(19)18-9-2-3-10-18/h6-7,11H,2-3,8-10,16H2,1H3,(H,17,19). The first-order valence-corrected chi connectivity index (χ1v) is 6.56. The Morgan fingerprint density at radius 2 is 2.16 bits per heavy atom. The van der Waals surface area contributed by atoms with Crippen LogP contribution in [0.5, 0.6) is 0 Å².